The van der Waals surface area contributed by atoms with E-state index in [0.717, 1.165) is 12.1 Å². The normalized spacial score (nSPS) is 11.6. The van der Waals surface area contributed by atoms with E-state index in [1.54, 1.807) is 18.5 Å². The predicted octanol–water partition coefficient (Wildman–Crippen LogP) is 2.93. The smallest absolute Gasteiger partial charge is 0.323 e. The van der Waals surface area contributed by atoms with Gasteiger partial charge < -0.3 is 5.32 Å². The summed E-state index contributed by atoms with van der Waals surface area (Å²) in [7, 11) is 0. The molecule has 1 amide bonds. The molecule has 0 spiro atoms. The van der Waals surface area contributed by atoms with Gasteiger partial charge in [-0.1, -0.05) is 18.2 Å². The number of carbonyl (C=O) groups is 1. The molecule has 8 heteroatoms. The molecule has 2 heterocycles. The minimum absolute atomic E-state index is 0.166. The zero-order valence-electron chi connectivity index (χ0n) is 11.7. The van der Waals surface area contributed by atoms with Crippen LogP contribution in [0.3, 0.4) is 0 Å². The van der Waals surface area contributed by atoms with E-state index in [-0.39, 0.29) is 12.0 Å². The van der Waals surface area contributed by atoms with Crippen LogP contribution < -0.4 is 5.32 Å². The van der Waals surface area contributed by atoms with Crippen molar-refractivity contribution in [1.82, 2.24) is 14.6 Å². The molecule has 0 saturated carbocycles. The average Bonchev–Trinajstić information content (AvgIpc) is 2.94. The number of fused-ring (bicyclic) bond motifs is 1. The van der Waals surface area contributed by atoms with Crippen LogP contribution in [0.5, 0.6) is 0 Å². The monoisotopic (exact) mass is 320 g/mol. The van der Waals surface area contributed by atoms with Crippen LogP contribution in [0.25, 0.3) is 5.65 Å². The SMILES string of the molecule is O=C(Cc1cccc(C(F)(F)F)c1)Nc1cnc2ccnn2c1. The van der Waals surface area contributed by atoms with Crippen molar-refractivity contribution in [1.29, 1.82) is 0 Å². The van der Waals surface area contributed by atoms with Crippen molar-refractivity contribution in [2.45, 2.75) is 12.6 Å². The second-order valence-corrected chi connectivity index (χ2v) is 4.90. The van der Waals surface area contributed by atoms with Crippen molar-refractivity contribution in [3.63, 3.8) is 0 Å². The molecule has 0 aliphatic rings. The number of hydrogen-bond acceptors (Lipinski definition) is 3. The van der Waals surface area contributed by atoms with Crippen LogP contribution in [0, 0.1) is 0 Å². The Labute approximate surface area is 128 Å². The molecule has 23 heavy (non-hydrogen) atoms. The Kier molecular flexibility index (Phi) is 3.73. The molecule has 5 nitrogen and oxygen atoms in total. The van der Waals surface area contributed by atoms with E-state index in [0.29, 0.717) is 11.3 Å². The van der Waals surface area contributed by atoms with Gasteiger partial charge in [0.2, 0.25) is 5.91 Å². The van der Waals surface area contributed by atoms with Crippen LogP contribution in [-0.4, -0.2) is 20.5 Å². The predicted molar refractivity (Wildman–Crippen MR) is 76.8 cm³/mol. The second-order valence-electron chi connectivity index (χ2n) is 4.90. The van der Waals surface area contributed by atoms with E-state index < -0.39 is 17.6 Å². The Morgan fingerprint density at radius 2 is 2.09 bits per heavy atom. The van der Waals surface area contributed by atoms with Gasteiger partial charge in [0.15, 0.2) is 5.65 Å². The first-order valence-corrected chi connectivity index (χ1v) is 6.67. The van der Waals surface area contributed by atoms with Gasteiger partial charge in [0, 0.05) is 6.07 Å². The van der Waals surface area contributed by atoms with E-state index in [4.69, 9.17) is 0 Å². The fourth-order valence-electron chi connectivity index (χ4n) is 2.12. The lowest BCUT2D eigenvalue weighted by atomic mass is 10.1. The van der Waals surface area contributed by atoms with Crippen LogP contribution >= 0.6 is 0 Å². The van der Waals surface area contributed by atoms with Gasteiger partial charge in [-0.3, -0.25) is 4.79 Å². The summed E-state index contributed by atoms with van der Waals surface area (Å²) in [6.45, 7) is 0. The lowest BCUT2D eigenvalue weighted by Gasteiger charge is -2.09. The lowest BCUT2D eigenvalue weighted by Crippen LogP contribution is -2.15. The highest BCUT2D eigenvalue weighted by atomic mass is 19.4. The fourth-order valence-corrected chi connectivity index (χ4v) is 2.12. The number of amides is 1. The quantitative estimate of drug-likeness (QED) is 0.807. The summed E-state index contributed by atoms with van der Waals surface area (Å²) in [4.78, 5) is 16.1. The van der Waals surface area contributed by atoms with Crippen LogP contribution in [0.2, 0.25) is 0 Å². The van der Waals surface area contributed by atoms with Gasteiger partial charge in [-0.05, 0) is 11.6 Å². The standard InChI is InChI=1S/C15H11F3N4O/c16-15(17,18)11-3-1-2-10(6-11)7-14(23)21-12-8-19-13-4-5-20-22(13)9-12/h1-6,8-9H,7H2,(H,21,23). The molecule has 0 aliphatic heterocycles. The zero-order valence-corrected chi connectivity index (χ0v) is 11.7. The number of anilines is 1. The van der Waals surface area contributed by atoms with E-state index in [1.807, 2.05) is 0 Å². The molecule has 3 rings (SSSR count). The zero-order chi connectivity index (χ0) is 16.4. The summed E-state index contributed by atoms with van der Waals surface area (Å²) in [6, 6.07) is 6.40. The van der Waals surface area contributed by atoms with E-state index >= 15 is 0 Å². The number of alkyl halides is 3. The van der Waals surface area contributed by atoms with E-state index in [1.165, 1.54) is 22.8 Å². The number of carbonyl (C=O) groups excluding carboxylic acids is 1. The largest absolute Gasteiger partial charge is 0.416 e. The third-order valence-electron chi connectivity index (χ3n) is 3.15. The maximum atomic E-state index is 12.7. The highest BCUT2D eigenvalue weighted by Crippen LogP contribution is 2.29. The Hall–Kier alpha value is -2.90. The minimum Gasteiger partial charge on any atom is -0.323 e. The highest BCUT2D eigenvalue weighted by molar-refractivity contribution is 5.92. The number of hydrogen-bond donors (Lipinski definition) is 1. The van der Waals surface area contributed by atoms with Crippen molar-refractivity contribution in [3.05, 3.63) is 60.0 Å². The summed E-state index contributed by atoms with van der Waals surface area (Å²) in [6.07, 6.45) is 0.00654. The first-order valence-electron chi connectivity index (χ1n) is 6.67. The summed E-state index contributed by atoms with van der Waals surface area (Å²) in [5.41, 5.74) is 0.548. The van der Waals surface area contributed by atoms with Crippen molar-refractivity contribution < 1.29 is 18.0 Å². The van der Waals surface area contributed by atoms with Gasteiger partial charge in [0.25, 0.3) is 0 Å². The fraction of sp³-hybridized carbons (Fsp3) is 0.133. The first-order chi connectivity index (χ1) is 10.9. The molecule has 0 saturated heterocycles. The first kappa shape index (κ1) is 15.0. The van der Waals surface area contributed by atoms with Gasteiger partial charge in [-0.2, -0.15) is 18.3 Å². The van der Waals surface area contributed by atoms with Crippen molar-refractivity contribution in [2.24, 2.45) is 0 Å². The van der Waals surface area contributed by atoms with Crippen LogP contribution in [0.1, 0.15) is 11.1 Å². The summed E-state index contributed by atoms with van der Waals surface area (Å²) >= 11 is 0. The molecule has 0 radical (unpaired) electrons. The molecule has 2 aromatic heterocycles. The molecule has 0 fully saturated rings. The minimum atomic E-state index is -4.43. The van der Waals surface area contributed by atoms with Crippen molar-refractivity contribution in [2.75, 3.05) is 5.32 Å². The average molecular weight is 320 g/mol. The lowest BCUT2D eigenvalue weighted by molar-refractivity contribution is -0.137. The van der Waals surface area contributed by atoms with Gasteiger partial charge in [0.1, 0.15) is 0 Å². The molecule has 0 bridgehead atoms. The Morgan fingerprint density at radius 1 is 1.26 bits per heavy atom. The Balaban J connectivity index is 1.71. The van der Waals surface area contributed by atoms with Crippen LogP contribution in [0.4, 0.5) is 18.9 Å². The van der Waals surface area contributed by atoms with Crippen molar-refractivity contribution >= 4 is 17.2 Å². The molecule has 1 N–H and O–H groups in total. The maximum absolute atomic E-state index is 12.7. The summed E-state index contributed by atoms with van der Waals surface area (Å²) in [5.74, 6) is -0.433. The molecule has 118 valence electrons. The van der Waals surface area contributed by atoms with E-state index in [9.17, 15) is 18.0 Å². The van der Waals surface area contributed by atoms with Gasteiger partial charge in [0.05, 0.1) is 36.3 Å². The number of aromatic nitrogens is 3. The molecule has 1 aromatic carbocycles. The van der Waals surface area contributed by atoms with Gasteiger partial charge in [-0.25, -0.2) is 9.50 Å². The topological polar surface area (TPSA) is 59.3 Å². The molecule has 0 unspecified atom stereocenters. The Morgan fingerprint density at radius 3 is 2.87 bits per heavy atom. The van der Waals surface area contributed by atoms with Crippen LogP contribution in [-0.2, 0) is 17.4 Å². The number of nitrogens with zero attached hydrogens (tertiary/aromatic N) is 3. The number of nitrogens with one attached hydrogen (secondary N) is 1. The molecule has 0 aliphatic carbocycles. The summed E-state index contributed by atoms with van der Waals surface area (Å²) in [5, 5.41) is 6.57. The highest BCUT2D eigenvalue weighted by Gasteiger charge is 2.30. The molecular weight excluding hydrogens is 309 g/mol. The maximum Gasteiger partial charge on any atom is 0.416 e. The number of halogens is 3. The Bertz CT molecular complexity index is 857. The number of benzene rings is 1. The summed E-state index contributed by atoms with van der Waals surface area (Å²) < 4.78 is 39.4. The second kappa shape index (κ2) is 5.71. The van der Waals surface area contributed by atoms with Gasteiger partial charge >= 0.3 is 6.18 Å². The molecule has 3 aromatic rings. The van der Waals surface area contributed by atoms with E-state index in [2.05, 4.69) is 15.4 Å². The van der Waals surface area contributed by atoms with Gasteiger partial charge in [-0.15, -0.1) is 0 Å². The third kappa shape index (κ3) is 3.47. The van der Waals surface area contributed by atoms with Crippen LogP contribution in [0.15, 0.2) is 48.9 Å². The molecular formula is C15H11F3N4O. The van der Waals surface area contributed by atoms with Crippen molar-refractivity contribution in [3.8, 4) is 0 Å². The third-order valence-corrected chi connectivity index (χ3v) is 3.15. The molecule has 0 atom stereocenters. The number of rotatable bonds is 3.